The molecule has 5 heteroatoms. The van der Waals surface area contributed by atoms with Gasteiger partial charge in [-0.15, -0.1) is 0 Å². The molecule has 0 radical (unpaired) electrons. The summed E-state index contributed by atoms with van der Waals surface area (Å²) >= 11 is 3.37. The minimum Gasteiger partial charge on any atom is -0.491 e. The van der Waals surface area contributed by atoms with E-state index in [4.69, 9.17) is 4.74 Å². The van der Waals surface area contributed by atoms with Crippen LogP contribution in [0.1, 0.15) is 18.5 Å². The molecule has 21 heavy (non-hydrogen) atoms. The molecule has 2 atom stereocenters. The van der Waals surface area contributed by atoms with E-state index in [9.17, 15) is 5.11 Å². The Morgan fingerprint density at radius 2 is 1.86 bits per heavy atom. The minimum atomic E-state index is -0.557. The molecule has 0 aliphatic carbocycles. The molecule has 2 aromatic rings. The molecular formula is C16H19BrN2O2. The number of nitrogens with one attached hydrogen (secondary N) is 1. The van der Waals surface area contributed by atoms with E-state index in [1.54, 1.807) is 12.4 Å². The van der Waals surface area contributed by atoms with Crippen LogP contribution in [-0.4, -0.2) is 29.3 Å². The second-order valence-electron chi connectivity index (χ2n) is 4.83. The Labute approximate surface area is 133 Å². The van der Waals surface area contributed by atoms with Gasteiger partial charge in [-0.2, -0.15) is 0 Å². The first kappa shape index (κ1) is 15.9. The van der Waals surface area contributed by atoms with Gasteiger partial charge in [-0.3, -0.25) is 4.98 Å². The predicted molar refractivity (Wildman–Crippen MR) is 86.3 cm³/mol. The van der Waals surface area contributed by atoms with Crippen molar-refractivity contribution in [3.8, 4) is 5.75 Å². The molecule has 1 aromatic carbocycles. The summed E-state index contributed by atoms with van der Waals surface area (Å²) in [5.74, 6) is 0.749. The van der Waals surface area contributed by atoms with Crippen molar-refractivity contribution in [2.24, 2.45) is 0 Å². The van der Waals surface area contributed by atoms with E-state index in [0.717, 1.165) is 15.8 Å². The number of hydrogen-bond donors (Lipinski definition) is 2. The number of pyridine rings is 1. The maximum absolute atomic E-state index is 9.95. The van der Waals surface area contributed by atoms with Gasteiger partial charge in [0.1, 0.15) is 18.5 Å². The first-order valence-electron chi connectivity index (χ1n) is 6.85. The molecule has 0 amide bonds. The molecule has 0 saturated heterocycles. The zero-order valence-electron chi connectivity index (χ0n) is 11.9. The van der Waals surface area contributed by atoms with E-state index < -0.39 is 6.10 Å². The second-order valence-corrected chi connectivity index (χ2v) is 5.74. The average molecular weight is 351 g/mol. The van der Waals surface area contributed by atoms with Crippen LogP contribution in [0, 0.1) is 0 Å². The number of benzene rings is 1. The lowest BCUT2D eigenvalue weighted by atomic mass is 10.1. The van der Waals surface area contributed by atoms with Crippen molar-refractivity contribution in [3.05, 3.63) is 58.8 Å². The standard InChI is InChI=1S/C16H19BrN2O2/c1-12(13-6-8-18-9-7-13)19-10-15(20)11-21-16-4-2-14(17)3-5-16/h2-9,12,15,19-20H,10-11H2,1H3/t12-,15?/m1/s1. The van der Waals surface area contributed by atoms with Crippen LogP contribution in [0.3, 0.4) is 0 Å². The van der Waals surface area contributed by atoms with E-state index in [1.165, 1.54) is 0 Å². The topological polar surface area (TPSA) is 54.4 Å². The largest absolute Gasteiger partial charge is 0.491 e. The Kier molecular flexibility index (Phi) is 6.17. The lowest BCUT2D eigenvalue weighted by Crippen LogP contribution is -2.33. The Morgan fingerprint density at radius 3 is 2.52 bits per heavy atom. The first-order valence-corrected chi connectivity index (χ1v) is 7.64. The number of halogens is 1. The van der Waals surface area contributed by atoms with Crippen molar-refractivity contribution in [2.45, 2.75) is 19.1 Å². The molecule has 2 N–H and O–H groups in total. The van der Waals surface area contributed by atoms with E-state index in [2.05, 4.69) is 33.2 Å². The van der Waals surface area contributed by atoms with Gasteiger partial charge in [0.2, 0.25) is 0 Å². The van der Waals surface area contributed by atoms with Gasteiger partial charge in [0, 0.05) is 29.5 Å². The molecule has 0 fully saturated rings. The van der Waals surface area contributed by atoms with E-state index in [-0.39, 0.29) is 12.6 Å². The minimum absolute atomic E-state index is 0.162. The Balaban J connectivity index is 1.72. The van der Waals surface area contributed by atoms with Crippen molar-refractivity contribution in [3.63, 3.8) is 0 Å². The van der Waals surface area contributed by atoms with Crippen LogP contribution in [0.4, 0.5) is 0 Å². The normalized spacial score (nSPS) is 13.7. The van der Waals surface area contributed by atoms with Gasteiger partial charge in [-0.05, 0) is 48.9 Å². The second kappa shape index (κ2) is 8.12. The molecular weight excluding hydrogens is 332 g/mol. The monoisotopic (exact) mass is 350 g/mol. The average Bonchev–Trinajstić information content (AvgIpc) is 2.53. The van der Waals surface area contributed by atoms with Crippen LogP contribution >= 0.6 is 15.9 Å². The Hall–Kier alpha value is -1.43. The molecule has 1 unspecified atom stereocenters. The van der Waals surface area contributed by atoms with Gasteiger partial charge in [-0.1, -0.05) is 15.9 Å². The summed E-state index contributed by atoms with van der Waals surface area (Å²) in [5, 5.41) is 13.2. The van der Waals surface area contributed by atoms with Gasteiger partial charge >= 0.3 is 0 Å². The molecule has 2 rings (SSSR count). The molecule has 0 saturated carbocycles. The fourth-order valence-corrected chi connectivity index (χ4v) is 2.13. The molecule has 112 valence electrons. The fourth-order valence-electron chi connectivity index (χ4n) is 1.86. The van der Waals surface area contributed by atoms with E-state index in [1.807, 2.05) is 36.4 Å². The molecule has 0 spiro atoms. The highest BCUT2D eigenvalue weighted by Crippen LogP contribution is 2.16. The number of aromatic nitrogens is 1. The molecule has 0 aliphatic rings. The van der Waals surface area contributed by atoms with Crippen LogP contribution in [0.5, 0.6) is 5.75 Å². The quantitative estimate of drug-likeness (QED) is 0.805. The Bertz CT molecular complexity index is 534. The summed E-state index contributed by atoms with van der Waals surface area (Å²) in [6.07, 6.45) is 2.97. The summed E-state index contributed by atoms with van der Waals surface area (Å²) in [6, 6.07) is 11.6. The van der Waals surface area contributed by atoms with Gasteiger partial charge in [0.05, 0.1) is 0 Å². The van der Waals surface area contributed by atoms with Crippen LogP contribution in [0.15, 0.2) is 53.3 Å². The highest BCUT2D eigenvalue weighted by Gasteiger charge is 2.09. The van der Waals surface area contributed by atoms with E-state index in [0.29, 0.717) is 6.54 Å². The zero-order valence-corrected chi connectivity index (χ0v) is 13.5. The predicted octanol–water partition coefficient (Wildman–Crippen LogP) is 2.93. The van der Waals surface area contributed by atoms with Gasteiger partial charge < -0.3 is 15.2 Å². The van der Waals surface area contributed by atoms with Crippen molar-refractivity contribution in [2.75, 3.05) is 13.2 Å². The molecule has 1 aromatic heterocycles. The summed E-state index contributed by atoms with van der Waals surface area (Å²) in [5.41, 5.74) is 1.14. The van der Waals surface area contributed by atoms with E-state index >= 15 is 0 Å². The molecule has 4 nitrogen and oxygen atoms in total. The molecule has 1 heterocycles. The van der Waals surface area contributed by atoms with Crippen LogP contribution in [0.2, 0.25) is 0 Å². The van der Waals surface area contributed by atoms with Crippen LogP contribution in [-0.2, 0) is 0 Å². The van der Waals surface area contributed by atoms with Crippen molar-refractivity contribution in [1.29, 1.82) is 0 Å². The maximum Gasteiger partial charge on any atom is 0.119 e. The SMILES string of the molecule is C[C@@H](NCC(O)COc1ccc(Br)cc1)c1ccncc1. The number of hydrogen-bond acceptors (Lipinski definition) is 4. The lowest BCUT2D eigenvalue weighted by molar-refractivity contribution is 0.104. The number of aliphatic hydroxyl groups excluding tert-OH is 1. The fraction of sp³-hybridized carbons (Fsp3) is 0.312. The molecule has 0 aliphatic heterocycles. The van der Waals surface area contributed by atoms with Crippen molar-refractivity contribution >= 4 is 15.9 Å². The van der Waals surface area contributed by atoms with Crippen molar-refractivity contribution in [1.82, 2.24) is 10.3 Å². The third kappa shape index (κ3) is 5.46. The van der Waals surface area contributed by atoms with Crippen LogP contribution < -0.4 is 10.1 Å². The third-order valence-electron chi connectivity index (χ3n) is 3.12. The summed E-state index contributed by atoms with van der Waals surface area (Å²) in [6.45, 7) is 2.79. The van der Waals surface area contributed by atoms with Crippen LogP contribution in [0.25, 0.3) is 0 Å². The zero-order chi connectivity index (χ0) is 15.1. The summed E-state index contributed by atoms with van der Waals surface area (Å²) < 4.78 is 6.54. The van der Waals surface area contributed by atoms with Gasteiger partial charge in [-0.25, -0.2) is 0 Å². The number of aliphatic hydroxyl groups is 1. The third-order valence-corrected chi connectivity index (χ3v) is 3.65. The smallest absolute Gasteiger partial charge is 0.119 e. The number of nitrogens with zero attached hydrogens (tertiary/aromatic N) is 1. The van der Waals surface area contributed by atoms with Crippen molar-refractivity contribution < 1.29 is 9.84 Å². The summed E-state index contributed by atoms with van der Waals surface area (Å²) in [4.78, 5) is 3.99. The lowest BCUT2D eigenvalue weighted by Gasteiger charge is -2.17. The molecule has 0 bridgehead atoms. The van der Waals surface area contributed by atoms with Gasteiger partial charge in [0.15, 0.2) is 0 Å². The highest BCUT2D eigenvalue weighted by molar-refractivity contribution is 9.10. The summed E-state index contributed by atoms with van der Waals surface area (Å²) in [7, 11) is 0. The first-order chi connectivity index (χ1) is 10.1. The van der Waals surface area contributed by atoms with Gasteiger partial charge in [0.25, 0.3) is 0 Å². The highest BCUT2D eigenvalue weighted by atomic mass is 79.9. The Morgan fingerprint density at radius 1 is 1.19 bits per heavy atom. The maximum atomic E-state index is 9.95. The number of rotatable bonds is 7. The number of ether oxygens (including phenoxy) is 1.